The molecule has 0 aliphatic carbocycles. The highest BCUT2D eigenvalue weighted by molar-refractivity contribution is 5.91. The van der Waals surface area contributed by atoms with Crippen molar-refractivity contribution in [1.29, 1.82) is 0 Å². The first-order valence-corrected chi connectivity index (χ1v) is 4.36. The van der Waals surface area contributed by atoms with Crippen LogP contribution >= 0.6 is 0 Å². The summed E-state index contributed by atoms with van der Waals surface area (Å²) < 4.78 is 0.838. The van der Waals surface area contributed by atoms with E-state index < -0.39 is 6.09 Å². The fourth-order valence-electron chi connectivity index (χ4n) is 1.46. The number of carbonyl (C=O) groups is 1. The van der Waals surface area contributed by atoms with E-state index in [1.165, 1.54) is 0 Å². The Morgan fingerprint density at radius 2 is 2.12 bits per heavy atom. The average Bonchev–Trinajstić information content (AvgIpc) is 2.66. The third-order valence-corrected chi connectivity index (χ3v) is 2.16. The van der Waals surface area contributed by atoms with Crippen molar-refractivity contribution in [2.45, 2.75) is 0 Å². The number of carboxylic acid groups (broad SMARTS) is 1. The van der Waals surface area contributed by atoms with Gasteiger partial charge in [-0.05, 0) is 24.1 Å². The van der Waals surface area contributed by atoms with Crippen LogP contribution in [0.15, 0.2) is 18.2 Å². The minimum absolute atomic E-state index is 0.273. The van der Waals surface area contributed by atoms with Crippen molar-refractivity contribution < 1.29 is 9.90 Å². The van der Waals surface area contributed by atoms with E-state index in [9.17, 15) is 4.79 Å². The number of aromatic nitrogens is 2. The molecule has 1 heterocycles. The molecule has 1 N–H and O–H groups in total. The monoisotopic (exact) mass is 210 g/mol. The zero-order chi connectivity index (χ0) is 11.7. The fourth-order valence-corrected chi connectivity index (χ4v) is 1.46. The number of rotatable bonds is 0. The predicted molar refractivity (Wildman–Crippen MR) is 59.0 cm³/mol. The van der Waals surface area contributed by atoms with Gasteiger partial charge >= 0.3 is 6.09 Å². The summed E-state index contributed by atoms with van der Waals surface area (Å²) in [6, 6.07) is 4.88. The molecule has 4 nitrogen and oxygen atoms in total. The van der Waals surface area contributed by atoms with E-state index in [0.29, 0.717) is 16.5 Å². The Labute approximate surface area is 91.5 Å². The number of nitrogens with zero attached hydrogens (tertiary/aromatic N) is 2. The zero-order valence-corrected chi connectivity index (χ0v) is 8.14. The molecule has 0 saturated carbocycles. The van der Waals surface area contributed by atoms with Gasteiger partial charge in [-0.2, -0.15) is 9.78 Å². The van der Waals surface area contributed by atoms with Crippen molar-refractivity contribution in [3.8, 4) is 24.7 Å². The zero-order valence-electron chi connectivity index (χ0n) is 8.14. The second-order valence-corrected chi connectivity index (χ2v) is 3.06. The average molecular weight is 210 g/mol. The van der Waals surface area contributed by atoms with Crippen molar-refractivity contribution in [2.24, 2.45) is 0 Å². The van der Waals surface area contributed by atoms with E-state index in [1.54, 1.807) is 18.2 Å². The van der Waals surface area contributed by atoms with Gasteiger partial charge in [0.25, 0.3) is 0 Å². The van der Waals surface area contributed by atoms with Gasteiger partial charge in [0.15, 0.2) is 0 Å². The van der Waals surface area contributed by atoms with Crippen LogP contribution in [0, 0.1) is 24.7 Å². The number of terminal acetylenes is 2. The van der Waals surface area contributed by atoms with Crippen molar-refractivity contribution >= 4 is 17.0 Å². The first-order chi connectivity index (χ1) is 7.67. The normalized spacial score (nSPS) is 9.62. The molecule has 0 aliphatic rings. The summed E-state index contributed by atoms with van der Waals surface area (Å²) in [7, 11) is 0. The van der Waals surface area contributed by atoms with Crippen LogP contribution in [0.25, 0.3) is 10.9 Å². The lowest BCUT2D eigenvalue weighted by molar-refractivity contribution is 0.194. The summed E-state index contributed by atoms with van der Waals surface area (Å²) in [6.07, 6.45) is 9.32. The van der Waals surface area contributed by atoms with Crippen molar-refractivity contribution in [2.75, 3.05) is 0 Å². The molecule has 0 amide bonds. The summed E-state index contributed by atoms with van der Waals surface area (Å²) >= 11 is 0. The summed E-state index contributed by atoms with van der Waals surface area (Å²) in [6.45, 7) is 0. The number of fused-ring (bicyclic) bond motifs is 1. The Kier molecular flexibility index (Phi) is 2.12. The topological polar surface area (TPSA) is 55.1 Å². The first-order valence-electron chi connectivity index (χ1n) is 4.36. The predicted octanol–water partition coefficient (Wildman–Crippen LogP) is 1.53. The summed E-state index contributed by atoms with van der Waals surface area (Å²) in [5.74, 6) is 4.79. The first kappa shape index (κ1) is 9.82. The summed E-state index contributed by atoms with van der Waals surface area (Å²) in [5.41, 5.74) is 1.34. The second kappa shape index (κ2) is 3.45. The van der Waals surface area contributed by atoms with Crippen molar-refractivity contribution in [1.82, 2.24) is 9.78 Å². The van der Waals surface area contributed by atoms with Gasteiger partial charge in [-0.1, -0.05) is 5.92 Å². The summed E-state index contributed by atoms with van der Waals surface area (Å²) in [5, 5.41) is 13.3. The Bertz CT molecular complexity index is 669. The van der Waals surface area contributed by atoms with Crippen molar-refractivity contribution in [3.05, 3.63) is 29.5 Å². The van der Waals surface area contributed by atoms with Gasteiger partial charge in [0.05, 0.1) is 5.52 Å². The molecule has 1 aromatic heterocycles. The van der Waals surface area contributed by atoms with Gasteiger partial charge in [-0.25, -0.2) is 4.79 Å². The molecule has 2 aromatic rings. The molecule has 0 atom stereocenters. The molecule has 4 heteroatoms. The number of hydrogen-bond acceptors (Lipinski definition) is 2. The van der Waals surface area contributed by atoms with E-state index in [1.807, 2.05) is 0 Å². The van der Waals surface area contributed by atoms with E-state index in [4.69, 9.17) is 18.0 Å². The molecule has 0 aliphatic heterocycles. The molecule has 2 rings (SSSR count). The molecule has 0 fully saturated rings. The molecular formula is C12H6N2O2. The standard InChI is InChI=1S/C12H6N2O2/c1-3-8-5-6-11-9(7-8)10(4-2)13-14(11)12(15)16/h1-2,5-7H,(H,15,16). The van der Waals surface area contributed by atoms with Crippen LogP contribution in [-0.2, 0) is 0 Å². The van der Waals surface area contributed by atoms with Gasteiger partial charge in [0.1, 0.15) is 5.69 Å². The lowest BCUT2D eigenvalue weighted by atomic mass is 10.1. The van der Waals surface area contributed by atoms with Gasteiger partial charge < -0.3 is 5.11 Å². The van der Waals surface area contributed by atoms with Crippen molar-refractivity contribution in [3.63, 3.8) is 0 Å². The maximum atomic E-state index is 10.9. The Hall–Kier alpha value is -2.72. The minimum atomic E-state index is -1.18. The van der Waals surface area contributed by atoms with Crippen LogP contribution in [0.4, 0.5) is 4.79 Å². The van der Waals surface area contributed by atoms with Crippen LogP contribution in [0.2, 0.25) is 0 Å². The highest BCUT2D eigenvalue weighted by Crippen LogP contribution is 2.19. The van der Waals surface area contributed by atoms with E-state index in [2.05, 4.69) is 16.9 Å². The second-order valence-electron chi connectivity index (χ2n) is 3.06. The lowest BCUT2D eigenvalue weighted by Crippen LogP contribution is -2.09. The Balaban J connectivity index is 2.87. The van der Waals surface area contributed by atoms with Gasteiger partial charge in [0, 0.05) is 10.9 Å². The van der Waals surface area contributed by atoms with Crippen LogP contribution in [0.3, 0.4) is 0 Å². The molecule has 16 heavy (non-hydrogen) atoms. The molecule has 76 valence electrons. The maximum Gasteiger partial charge on any atom is 0.432 e. The fraction of sp³-hybridized carbons (Fsp3) is 0. The number of hydrogen-bond donors (Lipinski definition) is 1. The maximum absolute atomic E-state index is 10.9. The van der Waals surface area contributed by atoms with E-state index in [0.717, 1.165) is 4.68 Å². The molecular weight excluding hydrogens is 204 g/mol. The Morgan fingerprint density at radius 3 is 2.69 bits per heavy atom. The molecule has 0 radical (unpaired) electrons. The van der Waals surface area contributed by atoms with Crippen LogP contribution in [0.1, 0.15) is 11.3 Å². The largest absolute Gasteiger partial charge is 0.463 e. The summed E-state index contributed by atoms with van der Waals surface area (Å²) in [4.78, 5) is 10.9. The van der Waals surface area contributed by atoms with E-state index >= 15 is 0 Å². The highest BCUT2D eigenvalue weighted by Gasteiger charge is 2.13. The minimum Gasteiger partial charge on any atom is -0.463 e. The highest BCUT2D eigenvalue weighted by atomic mass is 16.4. The van der Waals surface area contributed by atoms with Crippen LogP contribution in [0.5, 0.6) is 0 Å². The molecule has 0 spiro atoms. The quantitative estimate of drug-likeness (QED) is 0.671. The van der Waals surface area contributed by atoms with E-state index in [-0.39, 0.29) is 5.69 Å². The van der Waals surface area contributed by atoms with Crippen LogP contribution in [-0.4, -0.2) is 21.0 Å². The number of benzene rings is 1. The SMILES string of the molecule is C#Cc1ccc2c(c1)c(C#C)nn2C(=O)O. The smallest absolute Gasteiger partial charge is 0.432 e. The van der Waals surface area contributed by atoms with Gasteiger partial charge in [-0.3, -0.25) is 0 Å². The molecule has 1 aromatic carbocycles. The molecule has 0 unspecified atom stereocenters. The van der Waals surface area contributed by atoms with Gasteiger partial charge in [0.2, 0.25) is 0 Å². The lowest BCUT2D eigenvalue weighted by Gasteiger charge is -1.95. The molecule has 0 saturated heterocycles. The third-order valence-electron chi connectivity index (χ3n) is 2.16. The Morgan fingerprint density at radius 1 is 1.38 bits per heavy atom. The van der Waals surface area contributed by atoms with Gasteiger partial charge in [-0.15, -0.1) is 12.8 Å². The molecule has 0 bridgehead atoms. The third kappa shape index (κ3) is 1.30. The van der Waals surface area contributed by atoms with Crippen LogP contribution < -0.4 is 0 Å².